The third-order valence-electron chi connectivity index (χ3n) is 4.10. The molecule has 0 spiro atoms. The highest BCUT2D eigenvalue weighted by atomic mass is 16.4. The van der Waals surface area contributed by atoms with E-state index in [9.17, 15) is 14.4 Å². The van der Waals surface area contributed by atoms with Crippen molar-refractivity contribution < 1.29 is 19.5 Å². The first-order valence-electron chi connectivity index (χ1n) is 7.33. The fourth-order valence-corrected chi connectivity index (χ4v) is 2.94. The van der Waals surface area contributed by atoms with Crippen LogP contribution in [0.1, 0.15) is 38.5 Å². The van der Waals surface area contributed by atoms with Crippen molar-refractivity contribution in [2.45, 2.75) is 38.5 Å². The number of amides is 2. The van der Waals surface area contributed by atoms with Gasteiger partial charge in [-0.15, -0.1) is 0 Å². The van der Waals surface area contributed by atoms with Crippen molar-refractivity contribution in [2.75, 3.05) is 26.2 Å². The standard InChI is InChI=1S/C14H22N2O4/c17-12-4-2-1-3-6-15(12)10-13(18)16-7-5-11(9-16)8-14(19)20/h11H,1-10H2,(H,19,20). The molecule has 6 nitrogen and oxygen atoms in total. The van der Waals surface area contributed by atoms with E-state index in [0.29, 0.717) is 26.1 Å². The Kier molecular flexibility index (Phi) is 4.98. The summed E-state index contributed by atoms with van der Waals surface area (Å²) in [5, 5.41) is 8.77. The number of carbonyl (C=O) groups excluding carboxylic acids is 2. The minimum absolute atomic E-state index is 0.0480. The molecule has 2 heterocycles. The number of hydrogen-bond donors (Lipinski definition) is 1. The van der Waals surface area contributed by atoms with Crippen LogP contribution in [-0.2, 0) is 14.4 Å². The van der Waals surface area contributed by atoms with Crippen LogP contribution in [0.5, 0.6) is 0 Å². The summed E-state index contributed by atoms with van der Waals surface area (Å²) in [6.07, 6.45) is 4.31. The van der Waals surface area contributed by atoms with E-state index in [2.05, 4.69) is 0 Å². The highest BCUT2D eigenvalue weighted by Crippen LogP contribution is 2.20. The van der Waals surface area contributed by atoms with E-state index in [1.165, 1.54) is 0 Å². The van der Waals surface area contributed by atoms with Gasteiger partial charge >= 0.3 is 5.97 Å². The molecular weight excluding hydrogens is 260 g/mol. The van der Waals surface area contributed by atoms with Gasteiger partial charge in [0.1, 0.15) is 0 Å². The molecule has 20 heavy (non-hydrogen) atoms. The van der Waals surface area contributed by atoms with Gasteiger partial charge in [0, 0.05) is 32.5 Å². The Morgan fingerprint density at radius 1 is 1.20 bits per heavy atom. The van der Waals surface area contributed by atoms with Gasteiger partial charge in [0.15, 0.2) is 0 Å². The SMILES string of the molecule is O=C(O)CC1CCN(C(=O)CN2CCCCCC2=O)C1. The van der Waals surface area contributed by atoms with Gasteiger partial charge in [-0.2, -0.15) is 0 Å². The zero-order valence-electron chi connectivity index (χ0n) is 11.7. The van der Waals surface area contributed by atoms with Crippen LogP contribution in [0.2, 0.25) is 0 Å². The molecule has 0 saturated carbocycles. The summed E-state index contributed by atoms with van der Waals surface area (Å²) in [4.78, 5) is 38.1. The Morgan fingerprint density at radius 3 is 2.75 bits per heavy atom. The van der Waals surface area contributed by atoms with Gasteiger partial charge in [0.2, 0.25) is 11.8 Å². The first-order valence-corrected chi connectivity index (χ1v) is 7.33. The van der Waals surface area contributed by atoms with Crippen LogP contribution in [-0.4, -0.2) is 58.9 Å². The number of carboxylic acid groups (broad SMARTS) is 1. The maximum Gasteiger partial charge on any atom is 0.303 e. The maximum absolute atomic E-state index is 12.2. The number of carbonyl (C=O) groups is 3. The van der Waals surface area contributed by atoms with E-state index in [1.807, 2.05) is 0 Å². The molecule has 2 aliphatic rings. The second kappa shape index (κ2) is 6.72. The summed E-state index contributed by atoms with van der Waals surface area (Å²) in [6, 6.07) is 0. The normalized spacial score (nSPS) is 23.8. The minimum Gasteiger partial charge on any atom is -0.481 e. The summed E-state index contributed by atoms with van der Waals surface area (Å²) in [5.41, 5.74) is 0. The van der Waals surface area contributed by atoms with Gasteiger partial charge in [-0.1, -0.05) is 6.42 Å². The molecule has 6 heteroatoms. The van der Waals surface area contributed by atoms with Gasteiger partial charge < -0.3 is 14.9 Å². The molecule has 2 fully saturated rings. The quantitative estimate of drug-likeness (QED) is 0.824. The molecule has 0 aromatic heterocycles. The lowest BCUT2D eigenvalue weighted by Gasteiger charge is -2.23. The van der Waals surface area contributed by atoms with Crippen LogP contribution in [0.3, 0.4) is 0 Å². The number of hydrogen-bond acceptors (Lipinski definition) is 3. The van der Waals surface area contributed by atoms with Crippen molar-refractivity contribution in [2.24, 2.45) is 5.92 Å². The Balaban J connectivity index is 1.82. The van der Waals surface area contributed by atoms with E-state index >= 15 is 0 Å². The molecule has 0 bridgehead atoms. The molecule has 1 atom stereocenters. The van der Waals surface area contributed by atoms with E-state index in [-0.39, 0.29) is 30.7 Å². The number of carboxylic acids is 1. The average molecular weight is 282 g/mol. The Labute approximate surface area is 118 Å². The van der Waals surface area contributed by atoms with Crippen molar-refractivity contribution in [3.63, 3.8) is 0 Å². The summed E-state index contributed by atoms with van der Waals surface area (Å²) >= 11 is 0. The number of likely N-dealkylation sites (tertiary alicyclic amines) is 2. The van der Waals surface area contributed by atoms with Crippen molar-refractivity contribution in [1.82, 2.24) is 9.80 Å². The molecular formula is C14H22N2O4. The average Bonchev–Trinajstić information content (AvgIpc) is 2.75. The van der Waals surface area contributed by atoms with Crippen molar-refractivity contribution >= 4 is 17.8 Å². The molecule has 1 N–H and O–H groups in total. The Bertz CT molecular complexity index is 397. The van der Waals surface area contributed by atoms with Crippen LogP contribution in [0.4, 0.5) is 0 Å². The monoisotopic (exact) mass is 282 g/mol. The van der Waals surface area contributed by atoms with E-state index in [1.54, 1.807) is 9.80 Å². The molecule has 2 amide bonds. The topological polar surface area (TPSA) is 77.9 Å². The van der Waals surface area contributed by atoms with Crippen molar-refractivity contribution in [3.8, 4) is 0 Å². The fraction of sp³-hybridized carbons (Fsp3) is 0.786. The van der Waals surface area contributed by atoms with Gasteiger partial charge in [0.05, 0.1) is 6.54 Å². The predicted molar refractivity (Wildman–Crippen MR) is 72.0 cm³/mol. The van der Waals surface area contributed by atoms with Gasteiger partial charge in [-0.25, -0.2) is 0 Å². The summed E-state index contributed by atoms with van der Waals surface area (Å²) in [6.45, 7) is 1.93. The first-order chi connectivity index (χ1) is 9.56. The lowest BCUT2D eigenvalue weighted by atomic mass is 10.1. The zero-order valence-corrected chi connectivity index (χ0v) is 11.7. The summed E-state index contributed by atoms with van der Waals surface area (Å²) in [7, 11) is 0. The Hall–Kier alpha value is -1.59. The highest BCUT2D eigenvalue weighted by Gasteiger charge is 2.29. The van der Waals surface area contributed by atoms with Crippen LogP contribution in [0.15, 0.2) is 0 Å². The summed E-state index contributed by atoms with van der Waals surface area (Å²) < 4.78 is 0. The molecule has 0 aliphatic carbocycles. The van der Waals surface area contributed by atoms with Crippen LogP contribution < -0.4 is 0 Å². The third-order valence-corrected chi connectivity index (χ3v) is 4.10. The second-order valence-electron chi connectivity index (χ2n) is 5.72. The highest BCUT2D eigenvalue weighted by molar-refractivity contribution is 5.85. The number of nitrogens with zero attached hydrogens (tertiary/aromatic N) is 2. The second-order valence-corrected chi connectivity index (χ2v) is 5.72. The Morgan fingerprint density at radius 2 is 2.00 bits per heavy atom. The zero-order chi connectivity index (χ0) is 14.5. The molecule has 112 valence electrons. The molecule has 2 saturated heterocycles. The number of aliphatic carboxylic acids is 1. The maximum atomic E-state index is 12.2. The van der Waals surface area contributed by atoms with Crippen LogP contribution in [0, 0.1) is 5.92 Å². The lowest BCUT2D eigenvalue weighted by Crippen LogP contribution is -2.42. The predicted octanol–water partition coefficient (Wildman–Crippen LogP) is 0.712. The number of rotatable bonds is 4. The smallest absolute Gasteiger partial charge is 0.303 e. The molecule has 2 rings (SSSR count). The van der Waals surface area contributed by atoms with Gasteiger partial charge in [-0.05, 0) is 25.2 Å². The summed E-state index contributed by atoms with van der Waals surface area (Å²) in [5.74, 6) is -0.742. The molecule has 1 unspecified atom stereocenters. The molecule has 2 aliphatic heterocycles. The molecule has 0 aromatic carbocycles. The lowest BCUT2D eigenvalue weighted by molar-refractivity contribution is -0.140. The van der Waals surface area contributed by atoms with E-state index in [0.717, 1.165) is 25.7 Å². The van der Waals surface area contributed by atoms with Crippen molar-refractivity contribution in [1.29, 1.82) is 0 Å². The third kappa shape index (κ3) is 3.95. The van der Waals surface area contributed by atoms with Gasteiger partial charge in [0.25, 0.3) is 0 Å². The van der Waals surface area contributed by atoms with Crippen molar-refractivity contribution in [3.05, 3.63) is 0 Å². The largest absolute Gasteiger partial charge is 0.481 e. The van der Waals surface area contributed by atoms with Crippen LogP contribution in [0.25, 0.3) is 0 Å². The fourth-order valence-electron chi connectivity index (χ4n) is 2.94. The first kappa shape index (κ1) is 14.8. The van der Waals surface area contributed by atoms with E-state index < -0.39 is 5.97 Å². The van der Waals surface area contributed by atoms with Gasteiger partial charge in [-0.3, -0.25) is 14.4 Å². The molecule has 0 radical (unpaired) electrons. The van der Waals surface area contributed by atoms with Crippen LogP contribution >= 0.6 is 0 Å². The molecule has 0 aromatic rings. The van der Waals surface area contributed by atoms with E-state index in [4.69, 9.17) is 5.11 Å². The minimum atomic E-state index is -0.813.